The van der Waals surface area contributed by atoms with Crippen molar-refractivity contribution in [3.05, 3.63) is 48.3 Å². The lowest BCUT2D eigenvalue weighted by Gasteiger charge is -2.39. The first-order chi connectivity index (χ1) is 12.8. The summed E-state index contributed by atoms with van der Waals surface area (Å²) >= 11 is 0. The molecule has 136 valence electrons. The number of aromatic nitrogens is 2. The van der Waals surface area contributed by atoms with E-state index in [2.05, 4.69) is 39.6 Å². The Kier molecular flexibility index (Phi) is 3.67. The summed E-state index contributed by atoms with van der Waals surface area (Å²) in [4.78, 5) is 16.1. The van der Waals surface area contributed by atoms with Crippen LogP contribution in [0.4, 0.5) is 5.69 Å². The summed E-state index contributed by atoms with van der Waals surface area (Å²) in [5.41, 5.74) is 2.12. The summed E-state index contributed by atoms with van der Waals surface area (Å²) in [5, 5.41) is 7.89. The van der Waals surface area contributed by atoms with E-state index >= 15 is 0 Å². The van der Waals surface area contributed by atoms with Crippen LogP contribution in [0.1, 0.15) is 44.1 Å². The first-order valence-electron chi connectivity index (χ1n) is 9.88. The average Bonchev–Trinajstić information content (AvgIpc) is 3.44. The van der Waals surface area contributed by atoms with Gasteiger partial charge in [-0.3, -0.25) is 9.48 Å². The third-order valence-electron chi connectivity index (χ3n) is 6.80. The zero-order chi connectivity index (χ0) is 17.6. The van der Waals surface area contributed by atoms with Gasteiger partial charge < -0.3 is 10.2 Å². The number of carbonyl (C=O) groups excluding carboxylic acids is 1. The molecule has 0 radical (unpaired) electrons. The second kappa shape index (κ2) is 5.95. The Balaban J connectivity index is 1.58. The molecule has 2 fully saturated rings. The number of hydrogen-bond donors (Lipinski definition) is 1. The number of carbonyl (C=O) groups is 1. The number of fused-ring (bicyclic) bond motifs is 2. The number of piperidine rings is 1. The van der Waals surface area contributed by atoms with Gasteiger partial charge in [-0.2, -0.15) is 5.10 Å². The Morgan fingerprint density at radius 2 is 1.81 bits per heavy atom. The Labute approximate surface area is 154 Å². The predicted molar refractivity (Wildman–Crippen MR) is 101 cm³/mol. The van der Waals surface area contributed by atoms with Crippen LogP contribution in [0.15, 0.2) is 42.7 Å². The van der Waals surface area contributed by atoms with Crippen LogP contribution in [0.3, 0.4) is 0 Å². The van der Waals surface area contributed by atoms with Gasteiger partial charge in [0.2, 0.25) is 0 Å². The van der Waals surface area contributed by atoms with E-state index < -0.39 is 5.54 Å². The molecule has 1 amide bonds. The van der Waals surface area contributed by atoms with Gasteiger partial charge in [-0.25, -0.2) is 0 Å². The second-order valence-electron chi connectivity index (χ2n) is 8.13. The molecule has 2 aliphatic heterocycles. The first-order valence-corrected chi connectivity index (χ1v) is 9.88. The highest BCUT2D eigenvalue weighted by atomic mass is 16.2. The molecular weight excluding hydrogens is 324 g/mol. The molecule has 3 aliphatic rings. The molecule has 1 aromatic carbocycles. The number of rotatable bonds is 2. The molecule has 0 atom stereocenters. The van der Waals surface area contributed by atoms with E-state index in [0.29, 0.717) is 0 Å². The molecule has 2 aromatic rings. The fourth-order valence-corrected chi connectivity index (χ4v) is 5.45. The largest absolute Gasteiger partial charge is 0.317 e. The Bertz CT molecular complexity index is 801. The van der Waals surface area contributed by atoms with Gasteiger partial charge in [0.05, 0.1) is 0 Å². The molecule has 3 heterocycles. The van der Waals surface area contributed by atoms with Crippen LogP contribution >= 0.6 is 0 Å². The van der Waals surface area contributed by atoms with Gasteiger partial charge >= 0.3 is 0 Å². The van der Waals surface area contributed by atoms with Crippen molar-refractivity contribution in [2.45, 2.75) is 49.5 Å². The molecule has 1 spiro atoms. The molecule has 0 bridgehead atoms. The van der Waals surface area contributed by atoms with Crippen molar-refractivity contribution in [3.63, 3.8) is 0 Å². The van der Waals surface area contributed by atoms with Gasteiger partial charge in [0.15, 0.2) is 0 Å². The van der Waals surface area contributed by atoms with Crippen LogP contribution in [0.5, 0.6) is 0 Å². The molecule has 5 nitrogen and oxygen atoms in total. The van der Waals surface area contributed by atoms with Crippen LogP contribution in [0, 0.1) is 0 Å². The lowest BCUT2D eigenvalue weighted by molar-refractivity contribution is -0.129. The lowest BCUT2D eigenvalue weighted by atomic mass is 9.81. The number of hydrogen-bond acceptors (Lipinski definition) is 3. The summed E-state index contributed by atoms with van der Waals surface area (Å²) in [6.07, 6.45) is 10.3. The minimum Gasteiger partial charge on any atom is -0.317 e. The van der Waals surface area contributed by atoms with Crippen molar-refractivity contribution in [1.82, 2.24) is 15.1 Å². The third kappa shape index (κ3) is 2.19. The third-order valence-corrected chi connectivity index (χ3v) is 6.80. The van der Waals surface area contributed by atoms with Crippen LogP contribution in [-0.4, -0.2) is 35.3 Å². The molecule has 1 aliphatic carbocycles. The maximum absolute atomic E-state index is 14.0. The van der Waals surface area contributed by atoms with Crippen LogP contribution in [-0.2, 0) is 15.7 Å². The number of para-hydroxylation sites is 1. The number of nitrogens with zero attached hydrogens (tertiary/aromatic N) is 3. The normalized spacial score (nSPS) is 23.3. The summed E-state index contributed by atoms with van der Waals surface area (Å²) < 4.78 is 1.92. The quantitative estimate of drug-likeness (QED) is 0.906. The molecule has 5 rings (SSSR count). The summed E-state index contributed by atoms with van der Waals surface area (Å²) in [5.74, 6) is 0.221. The Hall–Kier alpha value is -2.14. The monoisotopic (exact) mass is 350 g/mol. The van der Waals surface area contributed by atoms with Crippen LogP contribution in [0.25, 0.3) is 0 Å². The molecule has 1 saturated carbocycles. The predicted octanol–water partition coefficient (Wildman–Crippen LogP) is 2.82. The van der Waals surface area contributed by atoms with E-state index in [9.17, 15) is 4.79 Å². The minimum absolute atomic E-state index is 0.171. The van der Waals surface area contributed by atoms with Gasteiger partial charge in [-0.15, -0.1) is 0 Å². The second-order valence-corrected chi connectivity index (χ2v) is 8.13. The molecule has 5 heteroatoms. The van der Waals surface area contributed by atoms with Gasteiger partial charge in [-0.05, 0) is 56.5 Å². The van der Waals surface area contributed by atoms with E-state index in [1.807, 2.05) is 16.9 Å². The summed E-state index contributed by atoms with van der Waals surface area (Å²) in [6.45, 7) is 2.54. The fourth-order valence-electron chi connectivity index (χ4n) is 5.45. The van der Waals surface area contributed by atoms with Gasteiger partial charge in [0.25, 0.3) is 5.91 Å². The maximum Gasteiger partial charge on any atom is 0.255 e. The molecule has 1 saturated heterocycles. The Morgan fingerprint density at radius 1 is 1.04 bits per heavy atom. The van der Waals surface area contributed by atoms with E-state index in [4.69, 9.17) is 0 Å². The molecule has 0 unspecified atom stereocenters. The van der Waals surface area contributed by atoms with Gasteiger partial charge in [-0.1, -0.05) is 31.0 Å². The number of amides is 1. The highest BCUT2D eigenvalue weighted by Crippen LogP contribution is 2.51. The topological polar surface area (TPSA) is 50.2 Å². The average molecular weight is 350 g/mol. The van der Waals surface area contributed by atoms with E-state index in [1.165, 1.54) is 31.2 Å². The summed E-state index contributed by atoms with van der Waals surface area (Å²) in [7, 11) is 0. The van der Waals surface area contributed by atoms with Crippen molar-refractivity contribution < 1.29 is 4.79 Å². The van der Waals surface area contributed by atoms with Crippen molar-refractivity contribution in [3.8, 4) is 0 Å². The SMILES string of the molecule is O=C(N1CC2(CCCC2)c2ccccc21)C1(n2cccn2)CCNCC1. The number of nitrogens with one attached hydrogen (secondary N) is 1. The number of anilines is 1. The first kappa shape index (κ1) is 16.1. The standard InChI is InChI=1S/C21H26N4O/c26-19(21(10-13-22-14-11-21)25-15-5-12-23-25)24-16-20(8-3-4-9-20)17-6-1-2-7-18(17)24/h1-2,5-7,12,15,22H,3-4,8-11,13-14,16H2. The van der Waals surface area contributed by atoms with Crippen molar-refractivity contribution in [2.75, 3.05) is 24.5 Å². The lowest BCUT2D eigenvalue weighted by Crippen LogP contribution is -2.56. The Morgan fingerprint density at radius 3 is 2.54 bits per heavy atom. The smallest absolute Gasteiger partial charge is 0.255 e. The fraction of sp³-hybridized carbons (Fsp3) is 0.524. The van der Waals surface area contributed by atoms with Crippen LogP contribution < -0.4 is 10.2 Å². The highest BCUT2D eigenvalue weighted by Gasteiger charge is 2.51. The van der Waals surface area contributed by atoms with Crippen molar-refractivity contribution >= 4 is 11.6 Å². The van der Waals surface area contributed by atoms with Gasteiger partial charge in [0.1, 0.15) is 5.54 Å². The molecule has 1 aromatic heterocycles. The maximum atomic E-state index is 14.0. The van der Waals surface area contributed by atoms with Crippen LogP contribution in [0.2, 0.25) is 0 Å². The zero-order valence-corrected chi connectivity index (χ0v) is 15.2. The zero-order valence-electron chi connectivity index (χ0n) is 15.2. The summed E-state index contributed by atoms with van der Waals surface area (Å²) in [6, 6.07) is 10.5. The van der Waals surface area contributed by atoms with Crippen molar-refractivity contribution in [2.24, 2.45) is 0 Å². The minimum atomic E-state index is -0.563. The highest BCUT2D eigenvalue weighted by molar-refractivity contribution is 6.01. The van der Waals surface area contributed by atoms with E-state index in [0.717, 1.165) is 38.2 Å². The van der Waals surface area contributed by atoms with Gasteiger partial charge in [0, 0.05) is 30.0 Å². The molecular formula is C21H26N4O. The van der Waals surface area contributed by atoms with Crippen molar-refractivity contribution in [1.29, 1.82) is 0 Å². The van der Waals surface area contributed by atoms with E-state index in [1.54, 1.807) is 6.20 Å². The van der Waals surface area contributed by atoms with E-state index in [-0.39, 0.29) is 11.3 Å². The number of benzene rings is 1. The molecule has 1 N–H and O–H groups in total. The molecule has 26 heavy (non-hydrogen) atoms.